The highest BCUT2D eigenvalue weighted by Gasteiger charge is 2.52. The van der Waals surface area contributed by atoms with Gasteiger partial charge in [-0.3, -0.25) is 0 Å². The maximum absolute atomic E-state index is 11.3. The maximum Gasteiger partial charge on any atom is 0.0825 e. The maximum atomic E-state index is 11.3. The van der Waals surface area contributed by atoms with Gasteiger partial charge in [0.2, 0.25) is 0 Å². The van der Waals surface area contributed by atoms with Gasteiger partial charge in [-0.2, -0.15) is 0 Å². The monoisotopic (exact) mass is 550 g/mol. The molecule has 0 unspecified atom stereocenters. The third-order valence-electron chi connectivity index (χ3n) is 10.9. The van der Waals surface area contributed by atoms with Crippen LogP contribution >= 0.6 is 11.3 Å². The minimum absolute atomic E-state index is 0.0496. The molecule has 1 heterocycles. The quantitative estimate of drug-likeness (QED) is 0.275. The van der Waals surface area contributed by atoms with E-state index in [2.05, 4.69) is 63.1 Å². The second kappa shape index (κ2) is 11.8. The number of aliphatic hydroxyl groups excluding tert-OH is 3. The van der Waals surface area contributed by atoms with Crippen LogP contribution in [0.5, 0.6) is 0 Å². The molecule has 7 atom stereocenters. The summed E-state index contributed by atoms with van der Waals surface area (Å²) < 4.78 is 0. The number of aliphatic hydroxyl groups is 3. The fourth-order valence-corrected chi connectivity index (χ4v) is 9.42. The number of thiophene rings is 1. The lowest BCUT2D eigenvalue weighted by molar-refractivity contribution is 0.0862. The zero-order valence-electron chi connectivity index (χ0n) is 24.4. The molecule has 4 heteroatoms. The summed E-state index contributed by atoms with van der Waals surface area (Å²) in [4.78, 5) is 1.38. The SMILES string of the molecule is C=C1/C(=C\C=C2/CCC[C@]3(C)[C@@H]([C@H](C)/C=C/[C@@H](O)C4(c5cc(CCCC)cs5)CC4)CC[C@@H]23)C[C@@H](O)C[C@@H]1O. The Bertz CT molecular complexity index is 1120. The molecule has 1 aromatic rings. The highest BCUT2D eigenvalue weighted by molar-refractivity contribution is 7.10. The third-order valence-corrected chi connectivity index (χ3v) is 12.1. The van der Waals surface area contributed by atoms with E-state index in [1.54, 1.807) is 0 Å². The molecule has 5 rings (SSSR count). The summed E-state index contributed by atoms with van der Waals surface area (Å²) in [6.45, 7) is 11.2. The van der Waals surface area contributed by atoms with Crippen molar-refractivity contribution in [3.63, 3.8) is 0 Å². The Morgan fingerprint density at radius 3 is 2.69 bits per heavy atom. The second-order valence-corrected chi connectivity index (χ2v) is 14.3. The summed E-state index contributed by atoms with van der Waals surface area (Å²) >= 11 is 1.85. The lowest BCUT2D eigenvalue weighted by Crippen LogP contribution is -2.35. The van der Waals surface area contributed by atoms with Gasteiger partial charge < -0.3 is 15.3 Å². The Labute approximate surface area is 240 Å². The van der Waals surface area contributed by atoms with Crippen LogP contribution in [0.1, 0.15) is 102 Å². The molecule has 4 aliphatic carbocycles. The van der Waals surface area contributed by atoms with Crippen LogP contribution in [0.2, 0.25) is 0 Å². The van der Waals surface area contributed by atoms with E-state index in [1.165, 1.54) is 54.5 Å². The van der Waals surface area contributed by atoms with Crippen LogP contribution in [0.25, 0.3) is 0 Å². The molecule has 4 aliphatic rings. The van der Waals surface area contributed by atoms with Crippen molar-refractivity contribution < 1.29 is 15.3 Å². The minimum atomic E-state index is -0.633. The number of aryl methyl sites for hydroxylation is 1. The average Bonchev–Trinajstić information content (AvgIpc) is 3.44. The second-order valence-electron chi connectivity index (χ2n) is 13.4. The number of allylic oxidation sites excluding steroid dienone is 4. The first-order valence-electron chi connectivity index (χ1n) is 15.6. The Morgan fingerprint density at radius 1 is 1.15 bits per heavy atom. The first-order valence-corrected chi connectivity index (χ1v) is 16.4. The van der Waals surface area contributed by atoms with Gasteiger partial charge in [-0.15, -0.1) is 11.3 Å². The smallest absolute Gasteiger partial charge is 0.0825 e. The van der Waals surface area contributed by atoms with Crippen LogP contribution in [0.3, 0.4) is 0 Å². The normalized spacial score (nSPS) is 36.0. The molecule has 0 bridgehead atoms. The van der Waals surface area contributed by atoms with E-state index in [9.17, 15) is 15.3 Å². The van der Waals surface area contributed by atoms with Gasteiger partial charge in [-0.1, -0.05) is 63.6 Å². The molecule has 0 amide bonds. The van der Waals surface area contributed by atoms with E-state index < -0.39 is 18.3 Å². The van der Waals surface area contributed by atoms with Crippen LogP contribution in [-0.2, 0) is 11.8 Å². The molecule has 3 N–H and O–H groups in total. The Kier molecular flexibility index (Phi) is 8.79. The van der Waals surface area contributed by atoms with Crippen LogP contribution in [0.4, 0.5) is 0 Å². The number of unbranched alkanes of at least 4 members (excludes halogenated alkanes) is 1. The van der Waals surface area contributed by atoms with Gasteiger partial charge in [0.25, 0.3) is 0 Å². The van der Waals surface area contributed by atoms with Crippen molar-refractivity contribution in [2.24, 2.45) is 23.2 Å². The van der Waals surface area contributed by atoms with Crippen LogP contribution in [0, 0.1) is 23.2 Å². The average molecular weight is 551 g/mol. The predicted octanol–water partition coefficient (Wildman–Crippen LogP) is 7.82. The highest BCUT2D eigenvalue weighted by atomic mass is 32.1. The van der Waals surface area contributed by atoms with Crippen LogP contribution < -0.4 is 0 Å². The van der Waals surface area contributed by atoms with Crippen LogP contribution in [0.15, 0.2) is 59.0 Å². The van der Waals surface area contributed by atoms with Crippen molar-refractivity contribution in [2.75, 3.05) is 0 Å². The van der Waals surface area contributed by atoms with Gasteiger partial charge in [0.1, 0.15) is 0 Å². The van der Waals surface area contributed by atoms with Crippen molar-refractivity contribution in [3.8, 4) is 0 Å². The number of rotatable bonds is 9. The number of hydrogen-bond acceptors (Lipinski definition) is 4. The number of hydrogen-bond donors (Lipinski definition) is 3. The Balaban J connectivity index is 1.26. The molecule has 39 heavy (non-hydrogen) atoms. The summed E-state index contributed by atoms with van der Waals surface area (Å²) in [5, 5.41) is 34.0. The van der Waals surface area contributed by atoms with E-state index in [0.29, 0.717) is 30.6 Å². The standard InChI is InChI=1S/C35H50O3S/c1-5-6-8-25-19-33(39-22-25)35(17-18-35)32(38)15-10-23(2)29-13-14-30-26(9-7-16-34(29,30)4)11-12-27-20-28(36)21-31(37)24(27)3/h10-12,15,19,22-23,28-32,36-38H,3,5-9,13-14,16-18,20-21H2,1-2,4H3/b15-10+,26-11+,27-12-/t23-,28-,29-,30+,31+,32-,34-/m1/s1. The third kappa shape index (κ3) is 5.82. The predicted molar refractivity (Wildman–Crippen MR) is 163 cm³/mol. The van der Waals surface area contributed by atoms with E-state index in [1.807, 2.05) is 11.3 Å². The van der Waals surface area contributed by atoms with E-state index in [-0.39, 0.29) is 10.8 Å². The van der Waals surface area contributed by atoms with Crippen molar-refractivity contribution in [3.05, 3.63) is 69.5 Å². The molecule has 3 nitrogen and oxygen atoms in total. The van der Waals surface area contributed by atoms with Crippen molar-refractivity contribution in [2.45, 2.75) is 122 Å². The summed E-state index contributed by atoms with van der Waals surface area (Å²) in [5.74, 6) is 1.64. The Hall–Kier alpha value is -1.46. The lowest BCUT2D eigenvalue weighted by Gasteiger charge is -2.44. The largest absolute Gasteiger partial charge is 0.393 e. The molecule has 214 valence electrons. The van der Waals surface area contributed by atoms with E-state index in [0.717, 1.165) is 36.8 Å². The Morgan fingerprint density at radius 2 is 1.95 bits per heavy atom. The van der Waals surface area contributed by atoms with Gasteiger partial charge in [0, 0.05) is 16.7 Å². The summed E-state index contributed by atoms with van der Waals surface area (Å²) in [6.07, 6.45) is 20.2. The summed E-state index contributed by atoms with van der Waals surface area (Å²) in [7, 11) is 0. The molecule has 0 aromatic carbocycles. The van der Waals surface area contributed by atoms with Gasteiger partial charge in [-0.05, 0) is 116 Å². The first kappa shape index (κ1) is 29.0. The molecule has 0 spiro atoms. The summed E-state index contributed by atoms with van der Waals surface area (Å²) in [5.41, 5.74) is 4.97. The molecule has 4 saturated carbocycles. The lowest BCUT2D eigenvalue weighted by atomic mass is 9.61. The zero-order valence-corrected chi connectivity index (χ0v) is 25.2. The van der Waals surface area contributed by atoms with E-state index >= 15 is 0 Å². The molecular formula is C35H50O3S. The number of fused-ring (bicyclic) bond motifs is 1. The van der Waals surface area contributed by atoms with Gasteiger partial charge >= 0.3 is 0 Å². The van der Waals surface area contributed by atoms with Crippen molar-refractivity contribution >= 4 is 11.3 Å². The fraction of sp³-hybridized carbons (Fsp3) is 0.657. The molecule has 0 saturated heterocycles. The molecule has 1 aromatic heterocycles. The van der Waals surface area contributed by atoms with Crippen molar-refractivity contribution in [1.29, 1.82) is 0 Å². The molecule has 0 aliphatic heterocycles. The topological polar surface area (TPSA) is 60.7 Å². The highest BCUT2D eigenvalue weighted by Crippen LogP contribution is 2.60. The van der Waals surface area contributed by atoms with Crippen molar-refractivity contribution in [1.82, 2.24) is 0 Å². The van der Waals surface area contributed by atoms with E-state index in [4.69, 9.17) is 0 Å². The zero-order chi connectivity index (χ0) is 27.8. The first-order chi connectivity index (χ1) is 18.7. The minimum Gasteiger partial charge on any atom is -0.393 e. The van der Waals surface area contributed by atoms with Gasteiger partial charge in [-0.25, -0.2) is 0 Å². The van der Waals surface area contributed by atoms with Gasteiger partial charge in [0.15, 0.2) is 0 Å². The van der Waals surface area contributed by atoms with Crippen LogP contribution in [-0.4, -0.2) is 33.6 Å². The molecule has 0 radical (unpaired) electrons. The summed E-state index contributed by atoms with van der Waals surface area (Å²) in [6, 6.07) is 2.37. The molecule has 4 fully saturated rings. The fourth-order valence-electron chi connectivity index (χ4n) is 8.18. The molecular weight excluding hydrogens is 500 g/mol. The van der Waals surface area contributed by atoms with Gasteiger partial charge in [0.05, 0.1) is 18.3 Å².